The number of halogens is 2. The van der Waals surface area contributed by atoms with Gasteiger partial charge >= 0.3 is 5.97 Å². The molecular weight excluding hydrogens is 427 g/mol. The summed E-state index contributed by atoms with van der Waals surface area (Å²) in [7, 11) is 2.79. The number of esters is 1. The molecule has 2 N–H and O–H groups in total. The first-order valence-corrected chi connectivity index (χ1v) is 9.36. The number of anilines is 4. The summed E-state index contributed by atoms with van der Waals surface area (Å²) in [4.78, 5) is 19.8. The SMILES string of the molecule is COC(=O)c1cc2cc(Nc3ncc(F)c(Nc4ccc(OC)c(Cl)c4)n3)ccc2o1. The summed E-state index contributed by atoms with van der Waals surface area (Å²) < 4.78 is 29.4. The van der Waals surface area contributed by atoms with Gasteiger partial charge < -0.3 is 24.5 Å². The lowest BCUT2D eigenvalue weighted by molar-refractivity contribution is 0.0567. The highest BCUT2D eigenvalue weighted by Gasteiger charge is 2.13. The van der Waals surface area contributed by atoms with Crippen molar-refractivity contribution < 1.29 is 23.1 Å². The van der Waals surface area contributed by atoms with Crippen LogP contribution in [0, 0.1) is 5.82 Å². The van der Waals surface area contributed by atoms with Gasteiger partial charge in [-0.25, -0.2) is 14.2 Å². The van der Waals surface area contributed by atoms with E-state index < -0.39 is 11.8 Å². The van der Waals surface area contributed by atoms with Crippen molar-refractivity contribution in [1.82, 2.24) is 9.97 Å². The number of nitrogens with zero attached hydrogens (tertiary/aromatic N) is 2. The molecule has 0 saturated heterocycles. The predicted octanol–water partition coefficient (Wildman–Crippen LogP) is 5.30. The van der Waals surface area contributed by atoms with Gasteiger partial charge in [-0.2, -0.15) is 4.98 Å². The molecule has 0 aliphatic carbocycles. The molecule has 0 radical (unpaired) electrons. The molecule has 0 unspecified atom stereocenters. The second-order valence-corrected chi connectivity index (χ2v) is 6.75. The minimum Gasteiger partial charge on any atom is -0.495 e. The number of carbonyl (C=O) groups excluding carboxylic acids is 1. The highest BCUT2D eigenvalue weighted by molar-refractivity contribution is 6.32. The van der Waals surface area contributed by atoms with E-state index in [0.29, 0.717) is 33.1 Å². The zero-order valence-corrected chi connectivity index (χ0v) is 17.2. The molecule has 0 saturated carbocycles. The van der Waals surface area contributed by atoms with E-state index in [9.17, 15) is 9.18 Å². The Kier molecular flexibility index (Phi) is 5.59. The first kappa shape index (κ1) is 20.4. The fourth-order valence-corrected chi connectivity index (χ4v) is 3.10. The first-order chi connectivity index (χ1) is 15.0. The average Bonchev–Trinajstić information content (AvgIpc) is 3.19. The van der Waals surface area contributed by atoms with E-state index in [0.717, 1.165) is 6.20 Å². The van der Waals surface area contributed by atoms with Crippen LogP contribution < -0.4 is 15.4 Å². The lowest BCUT2D eigenvalue weighted by Crippen LogP contribution is -2.03. The second-order valence-electron chi connectivity index (χ2n) is 6.34. The summed E-state index contributed by atoms with van der Waals surface area (Å²) in [6.45, 7) is 0. The zero-order chi connectivity index (χ0) is 22.0. The molecule has 0 fully saturated rings. The summed E-state index contributed by atoms with van der Waals surface area (Å²) in [6, 6.07) is 11.7. The number of carbonyl (C=O) groups is 1. The molecule has 4 aromatic rings. The van der Waals surface area contributed by atoms with Crippen LogP contribution in [0.15, 0.2) is 53.1 Å². The number of hydrogen-bond donors (Lipinski definition) is 2. The third-order valence-electron chi connectivity index (χ3n) is 4.32. The van der Waals surface area contributed by atoms with Crippen LogP contribution in [0.2, 0.25) is 5.02 Å². The normalized spacial score (nSPS) is 10.7. The number of ether oxygens (including phenoxy) is 2. The Balaban J connectivity index is 1.56. The number of hydrogen-bond acceptors (Lipinski definition) is 8. The summed E-state index contributed by atoms with van der Waals surface area (Å²) in [5.74, 6) is -0.469. The van der Waals surface area contributed by atoms with E-state index in [-0.39, 0.29) is 17.5 Å². The van der Waals surface area contributed by atoms with Gasteiger partial charge in [-0.05, 0) is 42.5 Å². The molecular formula is C21H16ClFN4O4. The summed E-state index contributed by atoms with van der Waals surface area (Å²) in [5.41, 5.74) is 1.67. The Bertz CT molecular complexity index is 1280. The number of nitrogens with one attached hydrogen (secondary N) is 2. The maximum absolute atomic E-state index is 14.2. The van der Waals surface area contributed by atoms with Crippen molar-refractivity contribution in [2.75, 3.05) is 24.9 Å². The molecule has 0 aliphatic heterocycles. The minimum atomic E-state index is -0.634. The summed E-state index contributed by atoms with van der Waals surface area (Å²) in [5, 5.41) is 6.92. The van der Waals surface area contributed by atoms with Gasteiger partial charge in [0, 0.05) is 16.8 Å². The van der Waals surface area contributed by atoms with Crippen LogP contribution in [0.3, 0.4) is 0 Å². The topological polar surface area (TPSA) is 98.5 Å². The maximum atomic E-state index is 14.2. The Morgan fingerprint density at radius 2 is 1.87 bits per heavy atom. The molecule has 0 bridgehead atoms. The van der Waals surface area contributed by atoms with E-state index in [1.807, 2.05) is 0 Å². The second kappa shape index (κ2) is 8.49. The molecule has 0 amide bonds. The molecule has 2 aromatic heterocycles. The van der Waals surface area contributed by atoms with Crippen molar-refractivity contribution in [1.29, 1.82) is 0 Å². The number of furan rings is 1. The van der Waals surface area contributed by atoms with Gasteiger partial charge in [0.15, 0.2) is 11.6 Å². The van der Waals surface area contributed by atoms with Crippen LogP contribution in [0.1, 0.15) is 10.6 Å². The molecule has 31 heavy (non-hydrogen) atoms. The number of fused-ring (bicyclic) bond motifs is 1. The zero-order valence-electron chi connectivity index (χ0n) is 16.4. The predicted molar refractivity (Wildman–Crippen MR) is 114 cm³/mol. The van der Waals surface area contributed by atoms with Crippen molar-refractivity contribution in [3.63, 3.8) is 0 Å². The van der Waals surface area contributed by atoms with Crippen molar-refractivity contribution >= 4 is 51.7 Å². The molecule has 10 heteroatoms. The molecule has 8 nitrogen and oxygen atoms in total. The van der Waals surface area contributed by atoms with Crippen LogP contribution in [-0.2, 0) is 4.74 Å². The number of methoxy groups -OCH3 is 2. The molecule has 4 rings (SSSR count). The van der Waals surface area contributed by atoms with Crippen molar-refractivity contribution in [3.05, 3.63) is 65.3 Å². The number of aromatic nitrogens is 2. The first-order valence-electron chi connectivity index (χ1n) is 8.99. The van der Waals surface area contributed by atoms with Gasteiger partial charge in [0.1, 0.15) is 11.3 Å². The van der Waals surface area contributed by atoms with Crippen LogP contribution in [0.4, 0.5) is 27.5 Å². The van der Waals surface area contributed by atoms with Gasteiger partial charge in [-0.3, -0.25) is 0 Å². The van der Waals surface area contributed by atoms with Crippen LogP contribution in [0.5, 0.6) is 5.75 Å². The minimum absolute atomic E-state index is 0.0314. The molecule has 158 valence electrons. The van der Waals surface area contributed by atoms with E-state index in [4.69, 9.17) is 20.8 Å². The van der Waals surface area contributed by atoms with E-state index in [1.165, 1.54) is 14.2 Å². The highest BCUT2D eigenvalue weighted by atomic mass is 35.5. The van der Waals surface area contributed by atoms with Gasteiger partial charge in [-0.15, -0.1) is 0 Å². The fraction of sp³-hybridized carbons (Fsp3) is 0.0952. The van der Waals surface area contributed by atoms with Gasteiger partial charge in [-0.1, -0.05) is 11.6 Å². The largest absolute Gasteiger partial charge is 0.495 e. The third-order valence-corrected chi connectivity index (χ3v) is 4.61. The Labute approximate surface area is 181 Å². The lowest BCUT2D eigenvalue weighted by Gasteiger charge is -2.11. The number of benzene rings is 2. The van der Waals surface area contributed by atoms with Gasteiger partial charge in [0.2, 0.25) is 11.7 Å². The Morgan fingerprint density at radius 1 is 1.10 bits per heavy atom. The average molecular weight is 443 g/mol. The third kappa shape index (κ3) is 4.36. The quantitative estimate of drug-likeness (QED) is 0.388. The lowest BCUT2D eigenvalue weighted by atomic mass is 10.2. The van der Waals surface area contributed by atoms with Crippen LogP contribution in [0.25, 0.3) is 11.0 Å². The van der Waals surface area contributed by atoms with E-state index in [1.54, 1.807) is 42.5 Å². The van der Waals surface area contributed by atoms with Crippen LogP contribution in [-0.4, -0.2) is 30.2 Å². The summed E-state index contributed by atoms with van der Waals surface area (Å²) in [6.07, 6.45) is 1.05. The van der Waals surface area contributed by atoms with E-state index >= 15 is 0 Å². The Hall–Kier alpha value is -3.85. The van der Waals surface area contributed by atoms with Gasteiger partial charge in [0.05, 0.1) is 25.4 Å². The molecule has 0 atom stereocenters. The standard InChI is InChI=1S/C21H16ClFN4O4/c1-29-17-6-4-13(9-14(17)22)25-19-15(23)10-24-21(27-19)26-12-3-5-16-11(7-12)8-18(31-16)20(28)30-2/h3-10H,1-2H3,(H2,24,25,26,27). The smallest absolute Gasteiger partial charge is 0.373 e. The maximum Gasteiger partial charge on any atom is 0.373 e. The monoisotopic (exact) mass is 442 g/mol. The molecule has 0 spiro atoms. The molecule has 0 aliphatic rings. The summed E-state index contributed by atoms with van der Waals surface area (Å²) >= 11 is 6.11. The van der Waals surface area contributed by atoms with Gasteiger partial charge in [0.25, 0.3) is 0 Å². The molecule has 2 aromatic carbocycles. The highest BCUT2D eigenvalue weighted by Crippen LogP contribution is 2.30. The van der Waals surface area contributed by atoms with Crippen molar-refractivity contribution in [2.45, 2.75) is 0 Å². The van der Waals surface area contributed by atoms with Crippen molar-refractivity contribution in [2.24, 2.45) is 0 Å². The molecule has 2 heterocycles. The number of rotatable bonds is 6. The van der Waals surface area contributed by atoms with Crippen molar-refractivity contribution in [3.8, 4) is 5.75 Å². The van der Waals surface area contributed by atoms with Crippen LogP contribution >= 0.6 is 11.6 Å². The fourth-order valence-electron chi connectivity index (χ4n) is 2.85. The van der Waals surface area contributed by atoms with E-state index in [2.05, 4.69) is 25.3 Å². The Morgan fingerprint density at radius 3 is 2.61 bits per heavy atom.